The van der Waals surface area contributed by atoms with Crippen LogP contribution in [0.4, 0.5) is 0 Å². The Morgan fingerprint density at radius 2 is 2.00 bits per heavy atom. The van der Waals surface area contributed by atoms with Crippen LogP contribution in [0.1, 0.15) is 46.5 Å². The fourth-order valence-corrected chi connectivity index (χ4v) is 1.98. The number of hydrogen-bond donors (Lipinski definition) is 0. The first-order valence-corrected chi connectivity index (χ1v) is 4.70. The molecule has 2 unspecified atom stereocenters. The van der Waals surface area contributed by atoms with E-state index in [2.05, 4.69) is 20.8 Å². The van der Waals surface area contributed by atoms with E-state index in [0.717, 1.165) is 19.3 Å². The van der Waals surface area contributed by atoms with Gasteiger partial charge in [0.2, 0.25) is 0 Å². The fraction of sp³-hybridized carbons (Fsp3) is 1.00. The van der Waals surface area contributed by atoms with E-state index < -0.39 is 0 Å². The quantitative estimate of drug-likeness (QED) is 0.451. The summed E-state index contributed by atoms with van der Waals surface area (Å²) in [6.45, 7) is 6.73. The second kappa shape index (κ2) is 4.70. The molecule has 1 aliphatic rings. The molecule has 1 aliphatic carbocycles. The fourth-order valence-electron chi connectivity index (χ4n) is 1.98. The molecule has 1 rings (SSSR count). The van der Waals surface area contributed by atoms with Crippen LogP contribution in [0.25, 0.3) is 0 Å². The molecule has 0 heterocycles. The molecular formula is C10H19LiO. The van der Waals surface area contributed by atoms with Crippen LogP contribution in [0.5, 0.6) is 0 Å². The van der Waals surface area contributed by atoms with Crippen molar-refractivity contribution in [2.24, 2.45) is 11.3 Å². The maximum absolute atomic E-state index is 11.3. The summed E-state index contributed by atoms with van der Waals surface area (Å²) in [4.78, 5) is 0. The van der Waals surface area contributed by atoms with Crippen LogP contribution in [0.3, 0.4) is 0 Å². The molecule has 0 saturated heterocycles. The van der Waals surface area contributed by atoms with Crippen molar-refractivity contribution in [1.29, 1.82) is 0 Å². The SMILES string of the molecule is CC(C)C1(C)CCCC([O-])C1.[Li+]. The van der Waals surface area contributed by atoms with Crippen LogP contribution >= 0.6 is 0 Å². The molecule has 66 valence electrons. The van der Waals surface area contributed by atoms with Gasteiger partial charge >= 0.3 is 18.9 Å². The summed E-state index contributed by atoms with van der Waals surface area (Å²) in [5.41, 5.74) is 0.338. The van der Waals surface area contributed by atoms with Gasteiger partial charge in [-0.05, 0) is 17.8 Å². The average molecular weight is 162 g/mol. The zero-order chi connectivity index (χ0) is 8.48. The van der Waals surface area contributed by atoms with E-state index in [1.165, 1.54) is 6.42 Å². The van der Waals surface area contributed by atoms with Gasteiger partial charge in [0.25, 0.3) is 0 Å². The van der Waals surface area contributed by atoms with Gasteiger partial charge in [-0.1, -0.05) is 40.0 Å². The average Bonchev–Trinajstić information content (AvgIpc) is 1.86. The molecule has 0 bridgehead atoms. The predicted molar refractivity (Wildman–Crippen MR) is 45.2 cm³/mol. The Balaban J connectivity index is 0.00000121. The van der Waals surface area contributed by atoms with Crippen LogP contribution in [-0.4, -0.2) is 6.10 Å². The Morgan fingerprint density at radius 1 is 1.42 bits per heavy atom. The Bertz CT molecular complexity index is 136. The van der Waals surface area contributed by atoms with Gasteiger partial charge in [0, 0.05) is 0 Å². The standard InChI is InChI=1S/C10H19O.Li/c1-8(2)10(3)6-4-5-9(11)7-10;/h8-9H,4-7H2,1-3H3;/q-1;+1. The molecule has 0 radical (unpaired) electrons. The van der Waals surface area contributed by atoms with Crippen LogP contribution in [0, 0.1) is 11.3 Å². The van der Waals surface area contributed by atoms with Crippen molar-refractivity contribution in [2.75, 3.05) is 0 Å². The third-order valence-corrected chi connectivity index (χ3v) is 3.36. The van der Waals surface area contributed by atoms with Crippen molar-refractivity contribution in [3.05, 3.63) is 0 Å². The van der Waals surface area contributed by atoms with E-state index in [0.29, 0.717) is 11.3 Å². The van der Waals surface area contributed by atoms with Gasteiger partial charge in [-0.2, -0.15) is 0 Å². The first kappa shape index (κ1) is 12.6. The summed E-state index contributed by atoms with van der Waals surface area (Å²) in [6, 6.07) is 0. The molecule has 0 aromatic rings. The predicted octanol–water partition coefficient (Wildman–Crippen LogP) is -1.04. The van der Waals surface area contributed by atoms with E-state index in [9.17, 15) is 5.11 Å². The number of rotatable bonds is 1. The molecule has 0 N–H and O–H groups in total. The van der Waals surface area contributed by atoms with Gasteiger partial charge in [-0.25, -0.2) is 0 Å². The molecule has 0 amide bonds. The Labute approximate surface area is 88.1 Å². The third kappa shape index (κ3) is 2.80. The molecular weight excluding hydrogens is 143 g/mol. The Hall–Kier alpha value is 0.557. The van der Waals surface area contributed by atoms with Crippen molar-refractivity contribution in [1.82, 2.24) is 0 Å². The monoisotopic (exact) mass is 162 g/mol. The van der Waals surface area contributed by atoms with E-state index >= 15 is 0 Å². The molecule has 1 saturated carbocycles. The van der Waals surface area contributed by atoms with Gasteiger partial charge in [0.15, 0.2) is 0 Å². The minimum atomic E-state index is -0.281. The van der Waals surface area contributed by atoms with E-state index in [4.69, 9.17) is 0 Å². The molecule has 0 aliphatic heterocycles. The van der Waals surface area contributed by atoms with Crippen molar-refractivity contribution >= 4 is 0 Å². The largest absolute Gasteiger partial charge is 1.00 e. The molecule has 0 aromatic heterocycles. The summed E-state index contributed by atoms with van der Waals surface area (Å²) in [5, 5.41) is 11.3. The van der Waals surface area contributed by atoms with Gasteiger partial charge in [-0.3, -0.25) is 0 Å². The summed E-state index contributed by atoms with van der Waals surface area (Å²) >= 11 is 0. The minimum Gasteiger partial charge on any atom is -0.852 e. The second-order valence-corrected chi connectivity index (χ2v) is 4.53. The van der Waals surface area contributed by atoms with Crippen LogP contribution < -0.4 is 24.0 Å². The van der Waals surface area contributed by atoms with Crippen LogP contribution in [-0.2, 0) is 0 Å². The molecule has 0 spiro atoms. The summed E-state index contributed by atoms with van der Waals surface area (Å²) < 4.78 is 0. The summed E-state index contributed by atoms with van der Waals surface area (Å²) in [7, 11) is 0. The van der Waals surface area contributed by atoms with Crippen LogP contribution in [0.2, 0.25) is 0 Å². The second-order valence-electron chi connectivity index (χ2n) is 4.53. The van der Waals surface area contributed by atoms with Crippen molar-refractivity contribution in [2.45, 2.75) is 52.6 Å². The maximum Gasteiger partial charge on any atom is 1.00 e. The van der Waals surface area contributed by atoms with Crippen molar-refractivity contribution < 1.29 is 24.0 Å². The first-order valence-electron chi connectivity index (χ1n) is 4.70. The van der Waals surface area contributed by atoms with Gasteiger partial charge in [-0.15, -0.1) is 6.10 Å². The molecule has 12 heavy (non-hydrogen) atoms. The normalized spacial score (nSPS) is 36.2. The minimum absolute atomic E-state index is 0. The Morgan fingerprint density at radius 3 is 2.33 bits per heavy atom. The van der Waals surface area contributed by atoms with E-state index in [-0.39, 0.29) is 25.0 Å². The summed E-state index contributed by atoms with van der Waals surface area (Å²) in [5.74, 6) is 0.666. The Kier molecular flexibility index (Phi) is 4.92. The van der Waals surface area contributed by atoms with E-state index in [1.807, 2.05) is 0 Å². The van der Waals surface area contributed by atoms with Crippen LogP contribution in [0.15, 0.2) is 0 Å². The van der Waals surface area contributed by atoms with E-state index in [1.54, 1.807) is 0 Å². The van der Waals surface area contributed by atoms with Crippen molar-refractivity contribution in [3.63, 3.8) is 0 Å². The smallest absolute Gasteiger partial charge is 0.852 e. The zero-order valence-electron chi connectivity index (χ0n) is 8.89. The third-order valence-electron chi connectivity index (χ3n) is 3.36. The molecule has 2 atom stereocenters. The van der Waals surface area contributed by atoms with Gasteiger partial charge in [0.1, 0.15) is 0 Å². The topological polar surface area (TPSA) is 23.1 Å². The van der Waals surface area contributed by atoms with Gasteiger partial charge in [0.05, 0.1) is 0 Å². The van der Waals surface area contributed by atoms with Crippen molar-refractivity contribution in [3.8, 4) is 0 Å². The number of hydrogen-bond acceptors (Lipinski definition) is 1. The summed E-state index contributed by atoms with van der Waals surface area (Å²) in [6.07, 6.45) is 3.91. The maximum atomic E-state index is 11.3. The molecule has 1 nitrogen and oxygen atoms in total. The zero-order valence-corrected chi connectivity index (χ0v) is 8.89. The molecule has 1 fully saturated rings. The van der Waals surface area contributed by atoms with Gasteiger partial charge < -0.3 is 5.11 Å². The molecule has 2 heteroatoms. The molecule has 0 aromatic carbocycles. The first-order chi connectivity index (χ1) is 5.04.